The van der Waals surface area contributed by atoms with Gasteiger partial charge in [0.1, 0.15) is 0 Å². The van der Waals surface area contributed by atoms with Gasteiger partial charge in [0.15, 0.2) is 0 Å². The third-order valence-electron chi connectivity index (χ3n) is 3.54. The predicted octanol–water partition coefficient (Wildman–Crippen LogP) is 2.18. The van der Waals surface area contributed by atoms with Crippen LogP contribution in [0.15, 0.2) is 24.3 Å². The summed E-state index contributed by atoms with van der Waals surface area (Å²) in [7, 11) is 4.11. The van der Waals surface area contributed by atoms with Crippen molar-refractivity contribution < 1.29 is 4.79 Å². The van der Waals surface area contributed by atoms with E-state index in [1.165, 1.54) is 5.56 Å². The lowest BCUT2D eigenvalue weighted by Gasteiger charge is -2.24. The quantitative estimate of drug-likeness (QED) is 0.757. The van der Waals surface area contributed by atoms with Crippen LogP contribution in [0.1, 0.15) is 24.5 Å². The third-order valence-corrected chi connectivity index (χ3v) is 4.18. The summed E-state index contributed by atoms with van der Waals surface area (Å²) in [5, 5.41) is 0. The topological polar surface area (TPSA) is 49.6 Å². The number of amides is 1. The first-order valence-electron chi connectivity index (χ1n) is 7.73. The second kappa shape index (κ2) is 9.87. The minimum absolute atomic E-state index is 0.0499. The summed E-state index contributed by atoms with van der Waals surface area (Å²) in [5.74, 6) is 0.970. The molecule has 1 aromatic rings. The van der Waals surface area contributed by atoms with Gasteiger partial charge in [-0.15, -0.1) is 0 Å². The molecule has 0 saturated heterocycles. The van der Waals surface area contributed by atoms with Gasteiger partial charge in [-0.05, 0) is 50.6 Å². The van der Waals surface area contributed by atoms with Crippen LogP contribution in [0.2, 0.25) is 0 Å². The molecule has 0 saturated carbocycles. The molecule has 0 heterocycles. The van der Waals surface area contributed by atoms with E-state index in [-0.39, 0.29) is 11.9 Å². The Morgan fingerprint density at radius 2 is 1.73 bits per heavy atom. The maximum absolute atomic E-state index is 12.4. The van der Waals surface area contributed by atoms with Crippen molar-refractivity contribution in [2.45, 2.75) is 32.5 Å². The number of likely N-dealkylation sites (N-methyl/N-ethyl adjacent to an activating group) is 1. The molecule has 1 atom stereocenters. The molecule has 0 aromatic heterocycles. The van der Waals surface area contributed by atoms with Gasteiger partial charge < -0.3 is 15.5 Å². The molecule has 0 aliphatic carbocycles. The van der Waals surface area contributed by atoms with Crippen molar-refractivity contribution >= 4 is 17.7 Å². The fourth-order valence-corrected chi connectivity index (χ4v) is 2.77. The van der Waals surface area contributed by atoms with Crippen molar-refractivity contribution in [2.75, 3.05) is 32.6 Å². The number of thioether (sulfide) groups is 1. The largest absolute Gasteiger partial charge is 0.337 e. The third kappa shape index (κ3) is 6.38. The van der Waals surface area contributed by atoms with E-state index in [9.17, 15) is 4.79 Å². The second-order valence-corrected chi connectivity index (χ2v) is 6.78. The van der Waals surface area contributed by atoms with E-state index in [1.807, 2.05) is 18.1 Å². The van der Waals surface area contributed by atoms with Crippen LogP contribution in [0.25, 0.3) is 0 Å². The SMILES string of the molecule is CCN(Cc1ccc(CN(C)C)cc1)C(=O)C(N)CCSC. The van der Waals surface area contributed by atoms with Crippen molar-refractivity contribution in [3.63, 3.8) is 0 Å². The number of nitrogens with two attached hydrogens (primary N) is 1. The highest BCUT2D eigenvalue weighted by molar-refractivity contribution is 7.98. The zero-order chi connectivity index (χ0) is 16.5. The summed E-state index contributed by atoms with van der Waals surface area (Å²) in [6, 6.07) is 8.06. The van der Waals surface area contributed by atoms with Crippen LogP contribution in [-0.2, 0) is 17.9 Å². The molecule has 1 rings (SSSR count). The first-order valence-corrected chi connectivity index (χ1v) is 9.13. The average Bonchev–Trinajstić information content (AvgIpc) is 2.50. The van der Waals surface area contributed by atoms with Gasteiger partial charge in [0.25, 0.3) is 0 Å². The first-order chi connectivity index (χ1) is 10.5. The maximum Gasteiger partial charge on any atom is 0.239 e. The van der Waals surface area contributed by atoms with Crippen LogP contribution in [0, 0.1) is 0 Å². The number of carbonyl (C=O) groups excluding carboxylic acids is 1. The fourth-order valence-electron chi connectivity index (χ4n) is 2.28. The normalized spacial score (nSPS) is 12.5. The Labute approximate surface area is 139 Å². The van der Waals surface area contributed by atoms with Gasteiger partial charge in [0, 0.05) is 19.6 Å². The van der Waals surface area contributed by atoms with Crippen molar-refractivity contribution in [1.29, 1.82) is 0 Å². The Hall–Kier alpha value is -1.04. The van der Waals surface area contributed by atoms with Crippen molar-refractivity contribution in [3.05, 3.63) is 35.4 Å². The van der Waals surface area contributed by atoms with E-state index in [2.05, 4.69) is 43.3 Å². The number of carbonyl (C=O) groups is 1. The van der Waals surface area contributed by atoms with E-state index in [1.54, 1.807) is 11.8 Å². The minimum atomic E-state index is -0.389. The molecule has 4 nitrogen and oxygen atoms in total. The molecule has 0 aliphatic heterocycles. The molecule has 0 aliphatic rings. The lowest BCUT2D eigenvalue weighted by molar-refractivity contribution is -0.133. The summed E-state index contributed by atoms with van der Waals surface area (Å²) in [4.78, 5) is 16.4. The number of benzene rings is 1. The van der Waals surface area contributed by atoms with Gasteiger partial charge in [-0.3, -0.25) is 4.79 Å². The van der Waals surface area contributed by atoms with Crippen molar-refractivity contribution in [1.82, 2.24) is 9.80 Å². The lowest BCUT2D eigenvalue weighted by atomic mass is 10.1. The van der Waals surface area contributed by atoms with Gasteiger partial charge >= 0.3 is 0 Å². The zero-order valence-electron chi connectivity index (χ0n) is 14.2. The Balaban J connectivity index is 2.63. The van der Waals surface area contributed by atoms with Crippen LogP contribution in [-0.4, -0.2) is 54.4 Å². The number of nitrogens with zero attached hydrogens (tertiary/aromatic N) is 2. The van der Waals surface area contributed by atoms with Crippen molar-refractivity contribution in [2.24, 2.45) is 5.73 Å². The van der Waals surface area contributed by atoms with Crippen LogP contribution in [0.3, 0.4) is 0 Å². The Bertz CT molecular complexity index is 448. The Morgan fingerprint density at radius 3 is 2.18 bits per heavy atom. The molecule has 22 heavy (non-hydrogen) atoms. The van der Waals surface area contributed by atoms with Crippen LogP contribution < -0.4 is 5.73 Å². The standard InChI is InChI=1S/C17H29N3OS/c1-5-20(17(21)16(18)10-11-22-4)13-15-8-6-14(7-9-15)12-19(2)3/h6-9,16H,5,10-13,18H2,1-4H3. The molecule has 0 fully saturated rings. The number of rotatable bonds is 9. The summed E-state index contributed by atoms with van der Waals surface area (Å²) in [6.45, 7) is 4.24. The van der Waals surface area contributed by atoms with E-state index < -0.39 is 0 Å². The van der Waals surface area contributed by atoms with E-state index >= 15 is 0 Å². The Kier molecular flexibility index (Phi) is 8.53. The molecule has 1 unspecified atom stereocenters. The molecule has 1 amide bonds. The van der Waals surface area contributed by atoms with Gasteiger partial charge in [0.2, 0.25) is 5.91 Å². The van der Waals surface area contributed by atoms with Crippen LogP contribution in [0.5, 0.6) is 0 Å². The predicted molar refractivity (Wildman–Crippen MR) is 95.9 cm³/mol. The van der Waals surface area contributed by atoms with E-state index in [0.29, 0.717) is 13.1 Å². The lowest BCUT2D eigenvalue weighted by Crippen LogP contribution is -2.43. The first kappa shape index (κ1) is 19.0. The summed E-state index contributed by atoms with van der Waals surface area (Å²) in [5.41, 5.74) is 8.43. The maximum atomic E-state index is 12.4. The monoisotopic (exact) mass is 323 g/mol. The van der Waals surface area contributed by atoms with Gasteiger partial charge in [-0.25, -0.2) is 0 Å². The molecule has 124 valence electrons. The molecular weight excluding hydrogens is 294 g/mol. The summed E-state index contributed by atoms with van der Waals surface area (Å²) < 4.78 is 0. The second-order valence-electron chi connectivity index (χ2n) is 5.79. The molecule has 2 N–H and O–H groups in total. The molecule has 1 aromatic carbocycles. The highest BCUT2D eigenvalue weighted by atomic mass is 32.2. The highest BCUT2D eigenvalue weighted by Gasteiger charge is 2.19. The number of hydrogen-bond donors (Lipinski definition) is 1. The van der Waals surface area contributed by atoms with E-state index in [0.717, 1.165) is 24.3 Å². The highest BCUT2D eigenvalue weighted by Crippen LogP contribution is 2.11. The van der Waals surface area contributed by atoms with E-state index in [4.69, 9.17) is 5.73 Å². The number of hydrogen-bond acceptors (Lipinski definition) is 4. The Morgan fingerprint density at radius 1 is 1.18 bits per heavy atom. The molecule has 0 radical (unpaired) electrons. The van der Waals surface area contributed by atoms with Gasteiger partial charge in [-0.2, -0.15) is 11.8 Å². The molecule has 5 heteroatoms. The van der Waals surface area contributed by atoms with Crippen LogP contribution in [0.4, 0.5) is 0 Å². The average molecular weight is 324 g/mol. The summed E-state index contributed by atoms with van der Waals surface area (Å²) in [6.07, 6.45) is 2.77. The summed E-state index contributed by atoms with van der Waals surface area (Å²) >= 11 is 1.72. The van der Waals surface area contributed by atoms with Gasteiger partial charge in [-0.1, -0.05) is 24.3 Å². The smallest absolute Gasteiger partial charge is 0.239 e. The minimum Gasteiger partial charge on any atom is -0.337 e. The fraction of sp³-hybridized carbons (Fsp3) is 0.588. The molecule has 0 bridgehead atoms. The zero-order valence-corrected chi connectivity index (χ0v) is 15.0. The van der Waals surface area contributed by atoms with Gasteiger partial charge in [0.05, 0.1) is 6.04 Å². The van der Waals surface area contributed by atoms with Crippen LogP contribution >= 0.6 is 11.8 Å². The van der Waals surface area contributed by atoms with Crippen molar-refractivity contribution in [3.8, 4) is 0 Å². The molecular formula is C17H29N3OS. The molecule has 0 spiro atoms.